The van der Waals surface area contributed by atoms with Gasteiger partial charge >= 0.3 is 0 Å². The van der Waals surface area contributed by atoms with Crippen molar-refractivity contribution in [2.75, 3.05) is 4.72 Å². The summed E-state index contributed by atoms with van der Waals surface area (Å²) in [7, 11) is -3.83. The summed E-state index contributed by atoms with van der Waals surface area (Å²) >= 11 is 0. The summed E-state index contributed by atoms with van der Waals surface area (Å²) in [5.41, 5.74) is 3.27. The van der Waals surface area contributed by atoms with Gasteiger partial charge in [-0.15, -0.1) is 0 Å². The molecule has 0 aliphatic carbocycles. The molecule has 1 aliphatic rings. The van der Waals surface area contributed by atoms with Crippen LogP contribution in [0, 0.1) is 12.1 Å². The Morgan fingerprint density at radius 2 is 1.59 bits per heavy atom. The molecule has 0 saturated heterocycles. The van der Waals surface area contributed by atoms with Crippen molar-refractivity contribution in [1.82, 2.24) is 0 Å². The lowest BCUT2D eigenvalue weighted by atomic mass is 9.94. The van der Waals surface area contributed by atoms with E-state index in [1.54, 1.807) is 36.4 Å². The first-order valence-electron chi connectivity index (χ1n) is 10.4. The number of hydroxylamine groups is 1. The van der Waals surface area contributed by atoms with Gasteiger partial charge in [-0.2, -0.15) is 0 Å². The lowest BCUT2D eigenvalue weighted by Crippen LogP contribution is -3.03. The van der Waals surface area contributed by atoms with Crippen molar-refractivity contribution < 1.29 is 13.5 Å². The molecule has 0 bridgehead atoms. The fraction of sp³-hybridized carbons (Fsp3) is 0.0769. The number of rotatable bonds is 4. The fourth-order valence-corrected chi connectivity index (χ4v) is 5.27. The van der Waals surface area contributed by atoms with E-state index in [4.69, 9.17) is 0 Å². The third-order valence-electron chi connectivity index (χ3n) is 5.83. The molecule has 0 saturated carbocycles. The normalized spacial score (nSPS) is 17.8. The van der Waals surface area contributed by atoms with Crippen LogP contribution < -0.4 is 9.79 Å². The molecule has 4 aromatic carbocycles. The second kappa shape index (κ2) is 7.91. The topological polar surface area (TPSA) is 73.7 Å². The predicted molar refractivity (Wildman–Crippen MR) is 128 cm³/mol. The maximum atomic E-state index is 13.7. The molecule has 32 heavy (non-hydrogen) atoms. The highest BCUT2D eigenvalue weighted by Crippen LogP contribution is 2.33. The minimum Gasteiger partial charge on any atom is -0.628 e. The molecule has 4 aromatic rings. The Labute approximate surface area is 187 Å². The van der Waals surface area contributed by atoms with Gasteiger partial charge in [-0.25, -0.2) is 8.42 Å². The van der Waals surface area contributed by atoms with Crippen molar-refractivity contribution in [3.05, 3.63) is 113 Å². The number of benzene rings is 4. The monoisotopic (exact) mass is 442 g/mol. The number of anilines is 1. The molecule has 5 rings (SSSR count). The Morgan fingerprint density at radius 1 is 0.875 bits per heavy atom. The lowest BCUT2D eigenvalue weighted by Gasteiger charge is -2.35. The predicted octanol–water partition coefficient (Wildman–Crippen LogP) is 4.73. The van der Waals surface area contributed by atoms with Crippen LogP contribution in [0.4, 0.5) is 11.4 Å². The number of quaternary nitrogens is 1. The molecule has 0 amide bonds. The summed E-state index contributed by atoms with van der Waals surface area (Å²) < 4.78 is 28.6. The maximum Gasteiger partial charge on any atom is 0.262 e. The van der Waals surface area contributed by atoms with E-state index in [-0.39, 0.29) is 9.96 Å². The van der Waals surface area contributed by atoms with E-state index in [2.05, 4.69) is 4.72 Å². The zero-order valence-corrected chi connectivity index (χ0v) is 18.3. The second-order valence-corrected chi connectivity index (χ2v) is 9.64. The van der Waals surface area contributed by atoms with Gasteiger partial charge in [0.25, 0.3) is 10.0 Å². The molecular weight excluding hydrogens is 420 g/mol. The highest BCUT2D eigenvalue weighted by atomic mass is 32.2. The van der Waals surface area contributed by atoms with Gasteiger partial charge in [0.15, 0.2) is 5.69 Å². The van der Waals surface area contributed by atoms with Crippen molar-refractivity contribution in [1.29, 1.82) is 0 Å². The number of hydrogen-bond donors (Lipinski definition) is 2. The van der Waals surface area contributed by atoms with Gasteiger partial charge in [0, 0.05) is 11.1 Å². The van der Waals surface area contributed by atoms with Gasteiger partial charge < -0.3 is 10.3 Å². The number of para-hydroxylation sites is 1. The van der Waals surface area contributed by atoms with Crippen LogP contribution in [-0.4, -0.2) is 8.42 Å². The van der Waals surface area contributed by atoms with Crippen molar-refractivity contribution in [3.63, 3.8) is 0 Å². The average Bonchev–Trinajstić information content (AvgIpc) is 2.79. The Balaban J connectivity index is 1.56. The van der Waals surface area contributed by atoms with E-state index < -0.39 is 16.1 Å². The molecule has 5 nitrogen and oxygen atoms in total. The van der Waals surface area contributed by atoms with Crippen LogP contribution in [0.15, 0.2) is 95.9 Å². The van der Waals surface area contributed by atoms with Gasteiger partial charge in [0.05, 0.1) is 4.90 Å². The van der Waals surface area contributed by atoms with Crippen LogP contribution in [0.5, 0.6) is 0 Å². The van der Waals surface area contributed by atoms with Gasteiger partial charge in [0.2, 0.25) is 0 Å². The summed E-state index contributed by atoms with van der Waals surface area (Å²) in [6.45, 7) is 1.90. The summed E-state index contributed by atoms with van der Waals surface area (Å²) in [6.07, 6.45) is 3.79. The Morgan fingerprint density at radius 3 is 2.41 bits per heavy atom. The molecular formula is C26H22N2O3S. The van der Waals surface area contributed by atoms with Crippen LogP contribution in [0.2, 0.25) is 0 Å². The third kappa shape index (κ3) is 3.58. The molecule has 6 heteroatoms. The van der Waals surface area contributed by atoms with E-state index in [0.29, 0.717) is 16.9 Å². The summed E-state index contributed by atoms with van der Waals surface area (Å²) in [5, 5.41) is 15.6. The van der Waals surface area contributed by atoms with Crippen LogP contribution in [0.3, 0.4) is 0 Å². The fourth-order valence-electron chi connectivity index (χ4n) is 4.20. The molecule has 2 unspecified atom stereocenters. The van der Waals surface area contributed by atoms with Crippen LogP contribution in [0.1, 0.15) is 22.7 Å². The minimum atomic E-state index is -3.83. The van der Waals surface area contributed by atoms with Crippen molar-refractivity contribution in [2.24, 2.45) is 0 Å². The Kier molecular flexibility index (Phi) is 5.06. The number of aryl methyl sites for hydroxylation is 1. The standard InChI is InChI=1S/C26H22N2O3S/c1-18-12-15-21(16-13-18)32(30,31)27-24-11-5-8-20-14-17-25(28(29)26(20)24)23-10-4-7-19-6-2-3-9-22(19)23/h2-17,25,27-28H,1H3. The quantitative estimate of drug-likeness (QED) is 0.449. The second-order valence-electron chi connectivity index (χ2n) is 7.96. The van der Waals surface area contributed by atoms with Crippen LogP contribution >= 0.6 is 0 Å². The first kappa shape index (κ1) is 20.5. The molecule has 1 aliphatic heterocycles. The smallest absolute Gasteiger partial charge is 0.262 e. The molecule has 0 spiro atoms. The molecule has 160 valence electrons. The van der Waals surface area contributed by atoms with E-state index in [1.807, 2.05) is 67.6 Å². The van der Waals surface area contributed by atoms with Gasteiger partial charge in [0.1, 0.15) is 11.7 Å². The zero-order chi connectivity index (χ0) is 22.3. The SMILES string of the molecule is Cc1ccc(S(=O)(=O)Nc2cccc3c2[NH+]([O-])C(c2cccc4ccccc24)C=C3)cc1. The molecule has 0 fully saturated rings. The zero-order valence-electron chi connectivity index (χ0n) is 17.4. The Bertz CT molecular complexity index is 1440. The largest absolute Gasteiger partial charge is 0.628 e. The van der Waals surface area contributed by atoms with Crippen molar-refractivity contribution >= 4 is 38.2 Å². The Hall–Kier alpha value is -3.45. The number of nitrogens with one attached hydrogen (secondary N) is 2. The first-order valence-corrected chi connectivity index (χ1v) is 11.8. The molecule has 2 N–H and O–H groups in total. The van der Waals surface area contributed by atoms with E-state index >= 15 is 0 Å². The van der Waals surface area contributed by atoms with Crippen molar-refractivity contribution in [2.45, 2.75) is 17.9 Å². The minimum absolute atomic E-state index is 0.124. The molecule has 0 aromatic heterocycles. The number of fused-ring (bicyclic) bond motifs is 2. The van der Waals surface area contributed by atoms with E-state index in [0.717, 1.165) is 21.9 Å². The van der Waals surface area contributed by atoms with Crippen LogP contribution in [-0.2, 0) is 10.0 Å². The summed E-state index contributed by atoms with van der Waals surface area (Å²) in [6, 6.07) is 25.2. The van der Waals surface area contributed by atoms with Gasteiger partial charge in [-0.05, 0) is 54.1 Å². The third-order valence-corrected chi connectivity index (χ3v) is 7.21. The van der Waals surface area contributed by atoms with Crippen LogP contribution in [0.25, 0.3) is 16.8 Å². The van der Waals surface area contributed by atoms with Crippen molar-refractivity contribution in [3.8, 4) is 0 Å². The summed E-state index contributed by atoms with van der Waals surface area (Å²) in [4.78, 5) is 0.158. The average molecular weight is 443 g/mol. The van der Waals surface area contributed by atoms with E-state index in [9.17, 15) is 13.6 Å². The number of hydrogen-bond acceptors (Lipinski definition) is 3. The van der Waals surface area contributed by atoms with Gasteiger partial charge in [-0.1, -0.05) is 66.2 Å². The lowest BCUT2D eigenvalue weighted by molar-refractivity contribution is -0.805. The molecule has 0 radical (unpaired) electrons. The molecule has 1 heterocycles. The maximum absolute atomic E-state index is 13.7. The van der Waals surface area contributed by atoms with E-state index in [1.165, 1.54) is 0 Å². The highest BCUT2D eigenvalue weighted by Gasteiger charge is 2.29. The van der Waals surface area contributed by atoms with Gasteiger partial charge in [-0.3, -0.25) is 4.72 Å². The molecule has 2 atom stereocenters. The first-order chi connectivity index (χ1) is 15.4. The summed E-state index contributed by atoms with van der Waals surface area (Å²) in [5.74, 6) is 0. The number of sulfonamides is 1. The highest BCUT2D eigenvalue weighted by molar-refractivity contribution is 7.92.